The number of carbonyl (C=O) groups excluding carboxylic acids is 1. The minimum Gasteiger partial charge on any atom is -0.494 e. The number of benzene rings is 2. The van der Waals surface area contributed by atoms with Crippen LogP contribution in [0.2, 0.25) is 5.02 Å². The second-order valence-electron chi connectivity index (χ2n) is 6.36. The Bertz CT molecular complexity index is 909. The number of para-hydroxylation sites is 2. The van der Waals surface area contributed by atoms with Crippen molar-refractivity contribution >= 4 is 28.5 Å². The van der Waals surface area contributed by atoms with Gasteiger partial charge in [-0.15, -0.1) is 0 Å². The van der Waals surface area contributed by atoms with Crippen LogP contribution in [0.4, 0.5) is 0 Å². The molecule has 0 saturated carbocycles. The van der Waals surface area contributed by atoms with Gasteiger partial charge in [-0.05, 0) is 42.8 Å². The Kier molecular flexibility index (Phi) is 7.28. The summed E-state index contributed by atoms with van der Waals surface area (Å²) in [5.74, 6) is 1.63. The van der Waals surface area contributed by atoms with E-state index in [1.54, 1.807) is 0 Å². The summed E-state index contributed by atoms with van der Waals surface area (Å²) < 4.78 is 12.8. The van der Waals surface area contributed by atoms with E-state index in [-0.39, 0.29) is 12.5 Å². The van der Waals surface area contributed by atoms with Gasteiger partial charge in [-0.25, -0.2) is 4.98 Å². The largest absolute Gasteiger partial charge is 0.494 e. The highest BCUT2D eigenvalue weighted by atomic mass is 35.5. The number of methoxy groups -OCH3 is 1. The fourth-order valence-corrected chi connectivity index (χ4v) is 3.13. The van der Waals surface area contributed by atoms with Crippen molar-refractivity contribution in [2.45, 2.75) is 19.4 Å². The third-order valence-corrected chi connectivity index (χ3v) is 4.54. The Balaban J connectivity index is 1.60. The van der Waals surface area contributed by atoms with Crippen LogP contribution in [0.1, 0.15) is 12.2 Å². The van der Waals surface area contributed by atoms with E-state index in [2.05, 4.69) is 16.0 Å². The number of imidazole rings is 1. The molecule has 0 atom stereocenters. The molecule has 7 heteroatoms. The van der Waals surface area contributed by atoms with Crippen molar-refractivity contribution in [3.8, 4) is 5.75 Å². The molecule has 3 rings (SSSR count). The smallest absolute Gasteiger partial charge is 0.245 e. The van der Waals surface area contributed by atoms with E-state index in [1.807, 2.05) is 42.5 Å². The second kappa shape index (κ2) is 10.1. The molecule has 1 amide bonds. The van der Waals surface area contributed by atoms with Gasteiger partial charge >= 0.3 is 0 Å². The number of rotatable bonds is 10. The Labute approximate surface area is 169 Å². The van der Waals surface area contributed by atoms with Gasteiger partial charge < -0.3 is 19.4 Å². The molecule has 6 nitrogen and oxygen atoms in total. The second-order valence-corrected chi connectivity index (χ2v) is 6.79. The molecule has 0 radical (unpaired) electrons. The number of aromatic nitrogens is 2. The highest BCUT2D eigenvalue weighted by Crippen LogP contribution is 2.18. The number of aryl methyl sites for hydroxylation is 1. The molecule has 0 fully saturated rings. The number of carbonyl (C=O) groups is 1. The summed E-state index contributed by atoms with van der Waals surface area (Å²) in [6, 6.07) is 15.4. The zero-order chi connectivity index (χ0) is 19.8. The molecule has 148 valence electrons. The summed E-state index contributed by atoms with van der Waals surface area (Å²) in [5.41, 5.74) is 2.05. The van der Waals surface area contributed by atoms with Crippen LogP contribution in [-0.4, -0.2) is 42.3 Å². The molecule has 0 aliphatic heterocycles. The summed E-state index contributed by atoms with van der Waals surface area (Å²) in [7, 11) is 1.51. The average Bonchev–Trinajstić information content (AvgIpc) is 3.04. The van der Waals surface area contributed by atoms with Gasteiger partial charge in [0.05, 0.1) is 17.6 Å². The standard InChI is InChI=1S/C21H24ClN3O3/c1-27-15-21(26)23-12-11-20-24-18-5-2-3-6-19(18)25(20)13-4-14-28-17-9-7-16(22)8-10-17/h2-3,5-10H,4,11-15H2,1H3,(H,23,26). The number of halogens is 1. The number of ether oxygens (including phenoxy) is 2. The van der Waals surface area contributed by atoms with Crippen LogP contribution in [0, 0.1) is 0 Å². The monoisotopic (exact) mass is 401 g/mol. The lowest BCUT2D eigenvalue weighted by atomic mass is 10.3. The Morgan fingerprint density at radius 1 is 1.18 bits per heavy atom. The molecule has 1 aromatic heterocycles. The quantitative estimate of drug-likeness (QED) is 0.528. The van der Waals surface area contributed by atoms with Crippen molar-refractivity contribution in [1.29, 1.82) is 0 Å². The first-order valence-electron chi connectivity index (χ1n) is 9.25. The first kappa shape index (κ1) is 20.2. The Morgan fingerprint density at radius 3 is 2.75 bits per heavy atom. The van der Waals surface area contributed by atoms with Crippen LogP contribution in [0.25, 0.3) is 11.0 Å². The highest BCUT2D eigenvalue weighted by Gasteiger charge is 2.11. The van der Waals surface area contributed by atoms with E-state index in [0.717, 1.165) is 35.6 Å². The lowest BCUT2D eigenvalue weighted by Gasteiger charge is -2.11. The topological polar surface area (TPSA) is 65.4 Å². The van der Waals surface area contributed by atoms with E-state index in [1.165, 1.54) is 7.11 Å². The van der Waals surface area contributed by atoms with Gasteiger partial charge in [0.1, 0.15) is 18.2 Å². The molecule has 3 aromatic rings. The highest BCUT2D eigenvalue weighted by molar-refractivity contribution is 6.30. The molecular weight excluding hydrogens is 378 g/mol. The minimum atomic E-state index is -0.124. The maximum Gasteiger partial charge on any atom is 0.245 e. The zero-order valence-electron chi connectivity index (χ0n) is 15.9. The molecule has 0 unspecified atom stereocenters. The van der Waals surface area contributed by atoms with E-state index in [4.69, 9.17) is 26.1 Å². The van der Waals surface area contributed by atoms with Gasteiger partial charge in [-0.2, -0.15) is 0 Å². The fraction of sp³-hybridized carbons (Fsp3) is 0.333. The molecule has 1 heterocycles. The predicted molar refractivity (Wildman–Crippen MR) is 110 cm³/mol. The van der Waals surface area contributed by atoms with Crippen LogP contribution in [0.15, 0.2) is 48.5 Å². The van der Waals surface area contributed by atoms with Crippen molar-refractivity contribution in [3.63, 3.8) is 0 Å². The fourth-order valence-electron chi connectivity index (χ4n) is 3.01. The number of nitrogens with zero attached hydrogens (tertiary/aromatic N) is 2. The van der Waals surface area contributed by atoms with Crippen LogP contribution in [-0.2, 0) is 22.5 Å². The summed E-state index contributed by atoms with van der Waals surface area (Å²) in [6.07, 6.45) is 1.49. The van der Waals surface area contributed by atoms with Crippen LogP contribution >= 0.6 is 11.6 Å². The van der Waals surface area contributed by atoms with Gasteiger partial charge in [-0.1, -0.05) is 23.7 Å². The third-order valence-electron chi connectivity index (χ3n) is 4.29. The summed E-state index contributed by atoms with van der Waals surface area (Å²) in [4.78, 5) is 16.3. The van der Waals surface area contributed by atoms with Crippen LogP contribution in [0.5, 0.6) is 5.75 Å². The van der Waals surface area contributed by atoms with Gasteiger partial charge in [-0.3, -0.25) is 4.79 Å². The van der Waals surface area contributed by atoms with Crippen LogP contribution in [0.3, 0.4) is 0 Å². The molecule has 0 aliphatic carbocycles. The molecule has 1 N–H and O–H groups in total. The number of amides is 1. The maximum absolute atomic E-state index is 11.6. The summed E-state index contributed by atoms with van der Waals surface area (Å²) >= 11 is 5.89. The van der Waals surface area contributed by atoms with Gasteiger partial charge in [0.15, 0.2) is 0 Å². The molecule has 0 aliphatic rings. The number of hydrogen-bond donors (Lipinski definition) is 1. The average molecular weight is 402 g/mol. The molecule has 28 heavy (non-hydrogen) atoms. The van der Waals surface area contributed by atoms with Crippen molar-refractivity contribution in [1.82, 2.24) is 14.9 Å². The maximum atomic E-state index is 11.6. The van der Waals surface area contributed by atoms with Crippen molar-refractivity contribution in [2.24, 2.45) is 0 Å². The summed E-state index contributed by atoms with van der Waals surface area (Å²) in [5, 5.41) is 3.54. The number of hydrogen-bond acceptors (Lipinski definition) is 4. The van der Waals surface area contributed by atoms with Crippen molar-refractivity contribution in [3.05, 3.63) is 59.4 Å². The van der Waals surface area contributed by atoms with E-state index < -0.39 is 0 Å². The number of nitrogens with one attached hydrogen (secondary N) is 1. The third kappa shape index (κ3) is 5.47. The molecule has 2 aromatic carbocycles. The van der Waals surface area contributed by atoms with Gasteiger partial charge in [0, 0.05) is 31.6 Å². The van der Waals surface area contributed by atoms with Gasteiger partial charge in [0.25, 0.3) is 0 Å². The molecule has 0 spiro atoms. The Morgan fingerprint density at radius 2 is 1.96 bits per heavy atom. The lowest BCUT2D eigenvalue weighted by Crippen LogP contribution is -2.29. The summed E-state index contributed by atoms with van der Waals surface area (Å²) in [6.45, 7) is 1.97. The zero-order valence-corrected chi connectivity index (χ0v) is 16.6. The normalized spacial score (nSPS) is 10.9. The molecule has 0 bridgehead atoms. The predicted octanol–water partition coefficient (Wildman–Crippen LogP) is 3.46. The van der Waals surface area contributed by atoms with E-state index in [0.29, 0.717) is 24.6 Å². The first-order chi connectivity index (χ1) is 13.7. The van der Waals surface area contributed by atoms with E-state index in [9.17, 15) is 4.79 Å². The minimum absolute atomic E-state index is 0.0679. The van der Waals surface area contributed by atoms with Crippen molar-refractivity contribution in [2.75, 3.05) is 26.9 Å². The molecule has 0 saturated heterocycles. The van der Waals surface area contributed by atoms with Crippen molar-refractivity contribution < 1.29 is 14.3 Å². The first-order valence-corrected chi connectivity index (χ1v) is 9.63. The SMILES string of the molecule is COCC(=O)NCCc1nc2ccccc2n1CCCOc1ccc(Cl)cc1. The van der Waals surface area contributed by atoms with E-state index >= 15 is 0 Å². The van der Waals surface area contributed by atoms with Gasteiger partial charge in [0.2, 0.25) is 5.91 Å². The lowest BCUT2D eigenvalue weighted by molar-refractivity contribution is -0.124. The number of fused-ring (bicyclic) bond motifs is 1. The Hall–Kier alpha value is -2.57. The molecular formula is C21H24ClN3O3. The van der Waals surface area contributed by atoms with Crippen LogP contribution < -0.4 is 10.1 Å².